The summed E-state index contributed by atoms with van der Waals surface area (Å²) < 4.78 is 27.3. The lowest BCUT2D eigenvalue weighted by molar-refractivity contribution is -0.151. The minimum Gasteiger partial charge on any atom is -0.481 e. The van der Waals surface area contributed by atoms with Crippen molar-refractivity contribution >= 4 is 16.2 Å². The number of carboxylic acids is 1. The van der Waals surface area contributed by atoms with Gasteiger partial charge in [-0.2, -0.15) is 13.1 Å². The highest BCUT2D eigenvalue weighted by atomic mass is 32.2. The van der Waals surface area contributed by atoms with Crippen LogP contribution in [-0.4, -0.2) is 32.6 Å². The van der Waals surface area contributed by atoms with Crippen LogP contribution in [0.2, 0.25) is 0 Å². The van der Waals surface area contributed by atoms with E-state index in [9.17, 15) is 18.3 Å². The molecule has 7 heteroatoms. The van der Waals surface area contributed by atoms with E-state index in [1.165, 1.54) is 7.05 Å². The fraction of sp³-hybridized carbons (Fsp3) is 0.889. The van der Waals surface area contributed by atoms with Gasteiger partial charge in [0.05, 0.1) is 5.41 Å². The van der Waals surface area contributed by atoms with Crippen molar-refractivity contribution in [2.24, 2.45) is 5.41 Å². The van der Waals surface area contributed by atoms with Crippen LogP contribution in [0.15, 0.2) is 0 Å². The Balaban J connectivity index is 2.88. The molecule has 16 heavy (non-hydrogen) atoms. The fourth-order valence-electron chi connectivity index (χ4n) is 2.02. The Labute approximate surface area is 95.6 Å². The van der Waals surface area contributed by atoms with E-state index in [-0.39, 0.29) is 0 Å². The van der Waals surface area contributed by atoms with Crippen molar-refractivity contribution in [2.45, 2.75) is 38.6 Å². The van der Waals surface area contributed by atoms with E-state index in [4.69, 9.17) is 0 Å². The van der Waals surface area contributed by atoms with Gasteiger partial charge in [-0.1, -0.05) is 12.8 Å². The molecule has 0 radical (unpaired) electrons. The largest absolute Gasteiger partial charge is 0.481 e. The minimum absolute atomic E-state index is 0.499. The Morgan fingerprint density at radius 1 is 1.44 bits per heavy atom. The van der Waals surface area contributed by atoms with Crippen molar-refractivity contribution in [2.75, 3.05) is 7.05 Å². The van der Waals surface area contributed by atoms with Gasteiger partial charge in [0.15, 0.2) is 0 Å². The molecule has 1 aliphatic rings. The summed E-state index contributed by atoms with van der Waals surface area (Å²) in [5.74, 6) is -0.948. The number of rotatable bonds is 4. The SMILES string of the molecule is CNS(=O)(=O)NC1CCCCC1(C)C(=O)O. The van der Waals surface area contributed by atoms with Crippen LogP contribution in [0.1, 0.15) is 32.6 Å². The van der Waals surface area contributed by atoms with Gasteiger partial charge in [0, 0.05) is 13.1 Å². The number of nitrogens with one attached hydrogen (secondary N) is 2. The van der Waals surface area contributed by atoms with Gasteiger partial charge in [-0.05, 0) is 19.8 Å². The number of aliphatic carboxylic acids is 1. The first-order valence-electron chi connectivity index (χ1n) is 5.26. The van der Waals surface area contributed by atoms with Crippen LogP contribution < -0.4 is 9.44 Å². The second-order valence-corrected chi connectivity index (χ2v) is 6.00. The zero-order chi connectivity index (χ0) is 12.4. The molecule has 1 saturated carbocycles. The Bertz CT molecular complexity index is 368. The van der Waals surface area contributed by atoms with Crippen molar-refractivity contribution in [3.63, 3.8) is 0 Å². The summed E-state index contributed by atoms with van der Waals surface area (Å²) in [4.78, 5) is 11.2. The molecule has 6 nitrogen and oxygen atoms in total. The van der Waals surface area contributed by atoms with E-state index in [0.717, 1.165) is 12.8 Å². The van der Waals surface area contributed by atoms with Crippen molar-refractivity contribution in [3.8, 4) is 0 Å². The molecule has 0 aromatic rings. The summed E-state index contributed by atoms with van der Waals surface area (Å²) in [6, 6.07) is -0.545. The molecule has 0 aromatic carbocycles. The van der Waals surface area contributed by atoms with Crippen molar-refractivity contribution in [1.29, 1.82) is 0 Å². The van der Waals surface area contributed by atoms with Crippen LogP contribution in [0.25, 0.3) is 0 Å². The van der Waals surface area contributed by atoms with E-state index in [1.54, 1.807) is 6.92 Å². The molecule has 3 N–H and O–H groups in total. The molecule has 2 atom stereocenters. The summed E-state index contributed by atoms with van der Waals surface area (Å²) in [5, 5.41) is 9.18. The maximum absolute atomic E-state index is 11.4. The number of carboxylic acid groups (broad SMARTS) is 1. The molecule has 0 aliphatic heterocycles. The first kappa shape index (κ1) is 13.4. The predicted molar refractivity (Wildman–Crippen MR) is 59.1 cm³/mol. The first-order chi connectivity index (χ1) is 7.32. The molecule has 0 heterocycles. The van der Waals surface area contributed by atoms with E-state index >= 15 is 0 Å². The lowest BCUT2D eigenvalue weighted by Gasteiger charge is -2.37. The quantitative estimate of drug-likeness (QED) is 0.658. The lowest BCUT2D eigenvalue weighted by Crippen LogP contribution is -2.54. The minimum atomic E-state index is -3.59. The molecule has 94 valence electrons. The molecule has 0 saturated heterocycles. The molecule has 0 bridgehead atoms. The summed E-state index contributed by atoms with van der Waals surface area (Å²) >= 11 is 0. The van der Waals surface area contributed by atoms with Gasteiger partial charge in [0.2, 0.25) is 0 Å². The van der Waals surface area contributed by atoms with E-state index in [2.05, 4.69) is 9.44 Å². The molecular formula is C9H18N2O4S. The topological polar surface area (TPSA) is 95.5 Å². The second kappa shape index (κ2) is 4.68. The smallest absolute Gasteiger partial charge is 0.310 e. The van der Waals surface area contributed by atoms with Crippen LogP contribution >= 0.6 is 0 Å². The lowest BCUT2D eigenvalue weighted by atomic mass is 9.72. The number of hydrogen-bond donors (Lipinski definition) is 3. The van der Waals surface area contributed by atoms with Gasteiger partial charge < -0.3 is 5.11 Å². The van der Waals surface area contributed by atoms with Crippen molar-refractivity contribution < 1.29 is 18.3 Å². The van der Waals surface area contributed by atoms with Gasteiger partial charge >= 0.3 is 5.97 Å². The number of hydrogen-bond acceptors (Lipinski definition) is 3. The maximum atomic E-state index is 11.4. The highest BCUT2D eigenvalue weighted by Gasteiger charge is 2.44. The van der Waals surface area contributed by atoms with Gasteiger partial charge in [0.1, 0.15) is 0 Å². The van der Waals surface area contributed by atoms with Crippen molar-refractivity contribution in [3.05, 3.63) is 0 Å². The number of carbonyl (C=O) groups is 1. The van der Waals surface area contributed by atoms with Crippen LogP contribution in [0.4, 0.5) is 0 Å². The highest BCUT2D eigenvalue weighted by Crippen LogP contribution is 2.36. The predicted octanol–water partition coefficient (Wildman–Crippen LogP) is 0.0737. The molecule has 0 aromatic heterocycles. The van der Waals surface area contributed by atoms with Gasteiger partial charge in [-0.25, -0.2) is 4.72 Å². The zero-order valence-electron chi connectivity index (χ0n) is 9.49. The Morgan fingerprint density at radius 3 is 2.56 bits per heavy atom. The van der Waals surface area contributed by atoms with Crippen LogP contribution in [-0.2, 0) is 15.0 Å². The average molecular weight is 250 g/mol. The van der Waals surface area contributed by atoms with Crippen LogP contribution in [0.5, 0.6) is 0 Å². The average Bonchev–Trinajstić information content (AvgIpc) is 2.21. The Hall–Kier alpha value is -0.660. The molecule has 0 amide bonds. The van der Waals surface area contributed by atoms with Crippen molar-refractivity contribution in [1.82, 2.24) is 9.44 Å². The standard InChI is InChI=1S/C9H18N2O4S/c1-9(8(12)13)6-4-3-5-7(9)11-16(14,15)10-2/h7,10-11H,3-6H2,1-2H3,(H,12,13). The molecular weight excluding hydrogens is 232 g/mol. The normalized spacial score (nSPS) is 31.2. The fourth-order valence-corrected chi connectivity index (χ4v) is 2.90. The van der Waals surface area contributed by atoms with Gasteiger partial charge in [-0.15, -0.1) is 0 Å². The highest BCUT2D eigenvalue weighted by molar-refractivity contribution is 7.87. The monoisotopic (exact) mass is 250 g/mol. The van der Waals surface area contributed by atoms with E-state index in [1.807, 2.05) is 0 Å². The summed E-state index contributed by atoms with van der Waals surface area (Å²) in [6.07, 6.45) is 2.73. The van der Waals surface area contributed by atoms with Gasteiger partial charge in [-0.3, -0.25) is 4.79 Å². The summed E-state index contributed by atoms with van der Waals surface area (Å²) in [5.41, 5.74) is -1.01. The summed E-state index contributed by atoms with van der Waals surface area (Å²) in [7, 11) is -2.29. The molecule has 1 fully saturated rings. The third kappa shape index (κ3) is 2.72. The third-order valence-corrected chi connectivity index (χ3v) is 4.39. The third-order valence-electron chi connectivity index (χ3n) is 3.26. The molecule has 1 rings (SSSR count). The molecule has 1 aliphatic carbocycles. The molecule has 0 spiro atoms. The first-order valence-corrected chi connectivity index (χ1v) is 6.74. The summed E-state index contributed by atoms with van der Waals surface area (Å²) in [6.45, 7) is 1.59. The van der Waals surface area contributed by atoms with E-state index in [0.29, 0.717) is 12.8 Å². The maximum Gasteiger partial charge on any atom is 0.310 e. The zero-order valence-corrected chi connectivity index (χ0v) is 10.3. The Morgan fingerprint density at radius 2 is 2.06 bits per heavy atom. The molecule has 2 unspecified atom stereocenters. The van der Waals surface area contributed by atoms with E-state index < -0.39 is 27.6 Å². The van der Waals surface area contributed by atoms with Gasteiger partial charge in [0.25, 0.3) is 10.2 Å². The second-order valence-electron chi connectivity index (χ2n) is 4.35. The van der Waals surface area contributed by atoms with Crippen LogP contribution in [0.3, 0.4) is 0 Å². The Kier molecular flexibility index (Phi) is 3.92. The van der Waals surface area contributed by atoms with Crippen LogP contribution in [0, 0.1) is 5.41 Å².